The van der Waals surface area contributed by atoms with Crippen LogP contribution in [-0.4, -0.2) is 7.11 Å². The molecule has 1 unspecified atom stereocenters. The maximum absolute atomic E-state index is 12.9. The number of methoxy groups -OCH3 is 1. The van der Waals surface area contributed by atoms with Gasteiger partial charge in [-0.15, -0.1) is 0 Å². The minimum atomic E-state index is -0.253. The van der Waals surface area contributed by atoms with Crippen LogP contribution in [-0.2, 0) is 0 Å². The molecule has 0 amide bonds. The van der Waals surface area contributed by atoms with Gasteiger partial charge in [-0.1, -0.05) is 39.7 Å². The standard InChI is InChI=1S/C14H11BrClFO/c1-18-13-7-4-10(16)8-12(13)14(15)9-2-5-11(17)6-3-9/h2-8,14H,1H3. The van der Waals surface area contributed by atoms with E-state index in [0.717, 1.165) is 16.9 Å². The molecule has 0 aliphatic rings. The molecule has 0 radical (unpaired) electrons. The molecule has 1 nitrogen and oxygen atoms in total. The van der Waals surface area contributed by atoms with Crippen molar-refractivity contribution in [2.45, 2.75) is 4.83 Å². The second-order valence-corrected chi connectivity index (χ2v) is 5.15. The molecule has 0 fully saturated rings. The largest absolute Gasteiger partial charge is 0.496 e. The fraction of sp³-hybridized carbons (Fsp3) is 0.143. The van der Waals surface area contributed by atoms with E-state index in [1.165, 1.54) is 12.1 Å². The first-order chi connectivity index (χ1) is 8.61. The van der Waals surface area contributed by atoms with E-state index in [0.29, 0.717) is 5.02 Å². The van der Waals surface area contributed by atoms with E-state index in [1.54, 1.807) is 25.3 Å². The van der Waals surface area contributed by atoms with Gasteiger partial charge in [-0.25, -0.2) is 4.39 Å². The predicted molar refractivity (Wildman–Crippen MR) is 75.2 cm³/mol. The Balaban J connectivity index is 2.41. The second-order valence-electron chi connectivity index (χ2n) is 3.80. The summed E-state index contributed by atoms with van der Waals surface area (Å²) in [6.45, 7) is 0. The first kappa shape index (κ1) is 13.4. The van der Waals surface area contributed by atoms with E-state index < -0.39 is 0 Å². The summed E-state index contributed by atoms with van der Waals surface area (Å²) in [7, 11) is 1.61. The number of ether oxygens (including phenoxy) is 1. The molecule has 18 heavy (non-hydrogen) atoms. The van der Waals surface area contributed by atoms with Crippen molar-refractivity contribution in [2.24, 2.45) is 0 Å². The lowest BCUT2D eigenvalue weighted by atomic mass is 10.0. The zero-order valence-corrected chi connectivity index (χ0v) is 12.0. The highest BCUT2D eigenvalue weighted by molar-refractivity contribution is 9.09. The summed E-state index contributed by atoms with van der Waals surface area (Å²) in [5.41, 5.74) is 1.86. The first-order valence-corrected chi connectivity index (χ1v) is 6.64. The molecule has 94 valence electrons. The van der Waals surface area contributed by atoms with E-state index >= 15 is 0 Å². The number of benzene rings is 2. The van der Waals surface area contributed by atoms with Gasteiger partial charge in [0.05, 0.1) is 11.9 Å². The third-order valence-corrected chi connectivity index (χ3v) is 3.88. The van der Waals surface area contributed by atoms with Crippen LogP contribution in [0.1, 0.15) is 16.0 Å². The van der Waals surface area contributed by atoms with Crippen molar-refractivity contribution in [2.75, 3.05) is 7.11 Å². The van der Waals surface area contributed by atoms with Crippen molar-refractivity contribution < 1.29 is 9.13 Å². The highest BCUT2D eigenvalue weighted by Gasteiger charge is 2.15. The van der Waals surface area contributed by atoms with Crippen molar-refractivity contribution in [3.63, 3.8) is 0 Å². The van der Waals surface area contributed by atoms with Crippen LogP contribution in [0.25, 0.3) is 0 Å². The molecule has 2 aromatic carbocycles. The Labute approximate surface area is 119 Å². The molecule has 1 atom stereocenters. The fourth-order valence-electron chi connectivity index (χ4n) is 1.71. The van der Waals surface area contributed by atoms with Gasteiger partial charge in [-0.05, 0) is 35.9 Å². The number of halogens is 3. The van der Waals surface area contributed by atoms with Gasteiger partial charge in [-0.3, -0.25) is 0 Å². The Morgan fingerprint density at radius 1 is 1.17 bits per heavy atom. The molecule has 2 aromatic rings. The van der Waals surface area contributed by atoms with Crippen LogP contribution in [0.3, 0.4) is 0 Å². The lowest BCUT2D eigenvalue weighted by Crippen LogP contribution is -1.97. The van der Waals surface area contributed by atoms with Gasteiger partial charge in [0.15, 0.2) is 0 Å². The molecule has 0 saturated heterocycles. The average Bonchev–Trinajstić information content (AvgIpc) is 2.39. The summed E-state index contributed by atoms with van der Waals surface area (Å²) in [4.78, 5) is -0.0910. The van der Waals surface area contributed by atoms with Crippen molar-refractivity contribution in [1.29, 1.82) is 0 Å². The fourth-order valence-corrected chi connectivity index (χ4v) is 2.56. The molecule has 0 bridgehead atoms. The van der Waals surface area contributed by atoms with Gasteiger partial charge in [0.2, 0.25) is 0 Å². The zero-order chi connectivity index (χ0) is 13.1. The maximum atomic E-state index is 12.9. The van der Waals surface area contributed by atoms with Crippen LogP contribution in [0.15, 0.2) is 42.5 Å². The lowest BCUT2D eigenvalue weighted by Gasteiger charge is -2.15. The van der Waals surface area contributed by atoms with E-state index in [2.05, 4.69) is 15.9 Å². The molecular weight excluding hydrogens is 319 g/mol. The van der Waals surface area contributed by atoms with Crippen molar-refractivity contribution in [3.8, 4) is 5.75 Å². The molecule has 0 N–H and O–H groups in total. The number of hydrogen-bond acceptors (Lipinski definition) is 1. The molecule has 0 aliphatic heterocycles. The Bertz CT molecular complexity index is 542. The maximum Gasteiger partial charge on any atom is 0.123 e. The van der Waals surface area contributed by atoms with Gasteiger partial charge >= 0.3 is 0 Å². The Morgan fingerprint density at radius 3 is 2.44 bits per heavy atom. The summed E-state index contributed by atoms with van der Waals surface area (Å²) >= 11 is 9.58. The van der Waals surface area contributed by atoms with Crippen LogP contribution in [0.5, 0.6) is 5.75 Å². The van der Waals surface area contributed by atoms with E-state index in [4.69, 9.17) is 16.3 Å². The van der Waals surface area contributed by atoms with Gasteiger partial charge in [0.25, 0.3) is 0 Å². The van der Waals surface area contributed by atoms with Crippen molar-refractivity contribution in [1.82, 2.24) is 0 Å². The monoisotopic (exact) mass is 328 g/mol. The third-order valence-electron chi connectivity index (χ3n) is 2.63. The van der Waals surface area contributed by atoms with E-state index in [-0.39, 0.29) is 10.6 Å². The normalized spacial score (nSPS) is 12.2. The van der Waals surface area contributed by atoms with Gasteiger partial charge in [-0.2, -0.15) is 0 Å². The van der Waals surface area contributed by atoms with Gasteiger partial charge < -0.3 is 4.74 Å². The number of rotatable bonds is 3. The minimum absolute atomic E-state index is 0.0910. The average molecular weight is 330 g/mol. The smallest absolute Gasteiger partial charge is 0.123 e. The van der Waals surface area contributed by atoms with Crippen LogP contribution in [0, 0.1) is 5.82 Å². The molecular formula is C14H11BrClFO. The van der Waals surface area contributed by atoms with Crippen molar-refractivity contribution in [3.05, 3.63) is 64.4 Å². The Kier molecular flexibility index (Phi) is 4.25. The lowest BCUT2D eigenvalue weighted by molar-refractivity contribution is 0.410. The Hall–Kier alpha value is -1.06. The first-order valence-electron chi connectivity index (χ1n) is 5.35. The van der Waals surface area contributed by atoms with Crippen molar-refractivity contribution >= 4 is 27.5 Å². The number of alkyl halides is 1. The summed E-state index contributed by atoms with van der Waals surface area (Å²) in [6, 6.07) is 11.7. The molecule has 0 aliphatic carbocycles. The van der Waals surface area contributed by atoms with Crippen LogP contribution >= 0.6 is 27.5 Å². The molecule has 0 aromatic heterocycles. The molecule has 0 saturated carbocycles. The van der Waals surface area contributed by atoms with E-state index in [9.17, 15) is 4.39 Å². The van der Waals surface area contributed by atoms with E-state index in [1.807, 2.05) is 12.1 Å². The zero-order valence-electron chi connectivity index (χ0n) is 9.66. The predicted octanol–water partition coefficient (Wildman–Crippen LogP) is 4.97. The Morgan fingerprint density at radius 2 is 1.83 bits per heavy atom. The molecule has 0 heterocycles. The number of hydrogen-bond donors (Lipinski definition) is 0. The molecule has 4 heteroatoms. The summed E-state index contributed by atoms with van der Waals surface area (Å²) in [6.07, 6.45) is 0. The highest BCUT2D eigenvalue weighted by atomic mass is 79.9. The van der Waals surface area contributed by atoms with Crippen LogP contribution in [0.4, 0.5) is 4.39 Å². The van der Waals surface area contributed by atoms with Crippen LogP contribution < -0.4 is 4.74 Å². The van der Waals surface area contributed by atoms with Gasteiger partial charge in [0.1, 0.15) is 11.6 Å². The quantitative estimate of drug-likeness (QED) is 0.722. The molecule has 0 spiro atoms. The SMILES string of the molecule is COc1ccc(Cl)cc1C(Br)c1ccc(F)cc1. The minimum Gasteiger partial charge on any atom is -0.496 e. The summed E-state index contributed by atoms with van der Waals surface area (Å²) < 4.78 is 18.2. The molecule has 2 rings (SSSR count). The van der Waals surface area contributed by atoms with Crippen LogP contribution in [0.2, 0.25) is 5.02 Å². The van der Waals surface area contributed by atoms with Gasteiger partial charge in [0, 0.05) is 10.6 Å². The topological polar surface area (TPSA) is 9.23 Å². The third kappa shape index (κ3) is 2.85. The summed E-state index contributed by atoms with van der Waals surface area (Å²) in [5, 5.41) is 0.636. The second kappa shape index (κ2) is 5.72. The summed E-state index contributed by atoms with van der Waals surface area (Å²) in [5.74, 6) is 0.488. The highest BCUT2D eigenvalue weighted by Crippen LogP contribution is 2.37.